The lowest BCUT2D eigenvalue weighted by Gasteiger charge is -2.21. The molecule has 13 heteroatoms. The van der Waals surface area contributed by atoms with Crippen molar-refractivity contribution < 1.29 is 8.42 Å². The number of benzene rings is 1. The van der Waals surface area contributed by atoms with Crippen LogP contribution in [-0.2, 0) is 10.0 Å². The minimum absolute atomic E-state index is 0.00956. The first-order valence-electron chi connectivity index (χ1n) is 13.1. The molecule has 4 aromatic rings. The van der Waals surface area contributed by atoms with Crippen LogP contribution in [0.2, 0.25) is 0 Å². The van der Waals surface area contributed by atoms with Crippen molar-refractivity contribution in [1.82, 2.24) is 29.2 Å². The predicted octanol–water partition coefficient (Wildman–Crippen LogP) is 1.79. The van der Waals surface area contributed by atoms with E-state index < -0.39 is 21.6 Å². The Bertz CT molecular complexity index is 2020. The Morgan fingerprint density at radius 2 is 1.98 bits per heavy atom. The van der Waals surface area contributed by atoms with E-state index in [0.29, 0.717) is 51.8 Å². The second-order valence-corrected chi connectivity index (χ2v) is 11.6. The lowest BCUT2D eigenvalue weighted by molar-refractivity contribution is 0.583. The molecule has 3 heterocycles. The second-order valence-electron chi connectivity index (χ2n) is 9.33. The second kappa shape index (κ2) is 12.1. The van der Waals surface area contributed by atoms with Gasteiger partial charge in [0.25, 0.3) is 5.56 Å². The summed E-state index contributed by atoms with van der Waals surface area (Å²) in [7, 11) is -3.79. The molecule has 1 unspecified atom stereocenters. The molecule has 0 bridgehead atoms. The molecule has 11 nitrogen and oxygen atoms in total. The summed E-state index contributed by atoms with van der Waals surface area (Å²) in [6.07, 6.45) is 5.95. The molecule has 1 atom stereocenters. The zero-order valence-corrected chi connectivity index (χ0v) is 24.4. The molecule has 0 fully saturated rings. The lowest BCUT2D eigenvalue weighted by Crippen LogP contribution is -2.50. The molecule has 0 radical (unpaired) electrons. The highest BCUT2D eigenvalue weighted by Gasteiger charge is 2.22. The molecule has 0 saturated heterocycles. The van der Waals surface area contributed by atoms with Gasteiger partial charge < -0.3 is 11.1 Å². The first kappa shape index (κ1) is 28.9. The summed E-state index contributed by atoms with van der Waals surface area (Å²) >= 11 is 6.51. The molecule has 0 spiro atoms. The van der Waals surface area contributed by atoms with Crippen LogP contribution in [0.3, 0.4) is 0 Å². The van der Waals surface area contributed by atoms with Crippen LogP contribution < -0.4 is 31.9 Å². The van der Waals surface area contributed by atoms with Crippen molar-refractivity contribution in [3.8, 4) is 17.5 Å². The maximum absolute atomic E-state index is 14.0. The number of hydrogen-bond donors (Lipinski definition) is 3. The topological polar surface area (TPSA) is 158 Å². The number of sulfonamides is 1. The van der Waals surface area contributed by atoms with Gasteiger partial charge in [-0.1, -0.05) is 42.7 Å². The summed E-state index contributed by atoms with van der Waals surface area (Å²) in [5.74, 6) is 6.75. The van der Waals surface area contributed by atoms with E-state index in [9.17, 15) is 13.2 Å². The van der Waals surface area contributed by atoms with Crippen molar-refractivity contribution in [3.63, 3.8) is 0 Å². The summed E-state index contributed by atoms with van der Waals surface area (Å²) in [5, 5.41) is 4.41. The number of fused-ring (bicyclic) bond motifs is 1. The van der Waals surface area contributed by atoms with Crippen LogP contribution in [0.1, 0.15) is 49.8 Å². The average molecular weight is 603 g/mol. The van der Waals surface area contributed by atoms with E-state index in [1.807, 2.05) is 12.1 Å². The molecular formula is C29H27ClN8O3S. The van der Waals surface area contributed by atoms with Crippen molar-refractivity contribution in [2.45, 2.75) is 37.6 Å². The molecular weight excluding hydrogens is 576 g/mol. The quantitative estimate of drug-likeness (QED) is 0.268. The van der Waals surface area contributed by atoms with Crippen LogP contribution in [0.15, 0.2) is 64.7 Å². The highest BCUT2D eigenvalue weighted by molar-refractivity contribution is 7.89. The van der Waals surface area contributed by atoms with Gasteiger partial charge in [-0.25, -0.2) is 33.1 Å². The summed E-state index contributed by atoms with van der Waals surface area (Å²) < 4.78 is 29.4. The number of nitrogen functional groups attached to an aromatic ring is 1. The first-order chi connectivity index (χ1) is 20.2. The third kappa shape index (κ3) is 5.89. The van der Waals surface area contributed by atoms with Crippen molar-refractivity contribution in [2.75, 3.05) is 17.6 Å². The van der Waals surface area contributed by atoms with E-state index in [1.54, 1.807) is 44.3 Å². The number of nitrogens with zero attached hydrogens (tertiary/aromatic N) is 5. The van der Waals surface area contributed by atoms with Gasteiger partial charge in [0.15, 0.2) is 0 Å². The third-order valence-electron chi connectivity index (χ3n) is 6.43. The highest BCUT2D eigenvalue weighted by Crippen LogP contribution is 2.23. The first-order valence-corrected chi connectivity index (χ1v) is 15.0. The van der Waals surface area contributed by atoms with Crippen LogP contribution in [-0.4, -0.2) is 39.5 Å². The number of anilines is 2. The summed E-state index contributed by atoms with van der Waals surface area (Å²) in [6.45, 7) is 3.70. The molecule has 0 saturated carbocycles. The Morgan fingerprint density at radius 3 is 2.74 bits per heavy atom. The van der Waals surface area contributed by atoms with Crippen LogP contribution in [0.4, 0.5) is 11.6 Å². The summed E-state index contributed by atoms with van der Waals surface area (Å²) in [4.78, 5) is 31.5. The fraction of sp³-hybridized carbons (Fsp3) is 0.207. The van der Waals surface area contributed by atoms with Gasteiger partial charge in [0, 0.05) is 17.8 Å². The molecule has 42 heavy (non-hydrogen) atoms. The molecule has 1 aliphatic carbocycles. The van der Waals surface area contributed by atoms with Gasteiger partial charge in [-0.2, -0.15) is 0 Å². The molecule has 1 aliphatic rings. The fourth-order valence-corrected chi connectivity index (χ4v) is 5.85. The van der Waals surface area contributed by atoms with Gasteiger partial charge in [-0.15, -0.1) is 0 Å². The van der Waals surface area contributed by atoms with E-state index in [2.05, 4.69) is 36.8 Å². The Kier molecular flexibility index (Phi) is 8.35. The van der Waals surface area contributed by atoms with Gasteiger partial charge in [0.05, 0.1) is 27.2 Å². The van der Waals surface area contributed by atoms with E-state index in [-0.39, 0.29) is 22.5 Å². The largest absolute Gasteiger partial charge is 0.382 e. The number of pyridine rings is 1. The number of aromatic nitrogens is 5. The SMILES string of the molecule is CCNS(=O)(=O)c1cccc(-n2c(C(C)Nc3ncnc(N)c3C#Cc3ccccn3)nc3c(c2=O)=C(Cl)CCC=3)c1. The fourth-order valence-electron chi connectivity index (χ4n) is 4.49. The normalized spacial score (nSPS) is 13.4. The summed E-state index contributed by atoms with van der Waals surface area (Å²) in [5.41, 5.74) is 6.95. The molecule has 0 aliphatic heterocycles. The van der Waals surface area contributed by atoms with Crippen LogP contribution >= 0.6 is 11.6 Å². The van der Waals surface area contributed by atoms with E-state index in [1.165, 1.54) is 23.0 Å². The zero-order chi connectivity index (χ0) is 29.9. The molecule has 0 amide bonds. The zero-order valence-electron chi connectivity index (χ0n) is 22.8. The number of nitrogens with two attached hydrogens (primary N) is 1. The maximum Gasteiger partial charge on any atom is 0.267 e. The minimum atomic E-state index is -3.79. The van der Waals surface area contributed by atoms with Gasteiger partial charge >= 0.3 is 0 Å². The molecule has 4 N–H and O–H groups in total. The van der Waals surface area contributed by atoms with Crippen molar-refractivity contribution in [1.29, 1.82) is 0 Å². The smallest absolute Gasteiger partial charge is 0.267 e. The Morgan fingerprint density at radius 1 is 1.14 bits per heavy atom. The van der Waals surface area contributed by atoms with Crippen molar-refractivity contribution in [3.05, 3.63) is 93.0 Å². The van der Waals surface area contributed by atoms with Crippen LogP contribution in [0.25, 0.3) is 16.8 Å². The Labute approximate surface area is 247 Å². The minimum Gasteiger partial charge on any atom is -0.382 e. The van der Waals surface area contributed by atoms with E-state index >= 15 is 0 Å². The molecule has 3 aromatic heterocycles. The predicted molar refractivity (Wildman–Crippen MR) is 162 cm³/mol. The van der Waals surface area contributed by atoms with Crippen molar-refractivity contribution >= 4 is 44.4 Å². The summed E-state index contributed by atoms with van der Waals surface area (Å²) in [6, 6.07) is 10.9. The highest BCUT2D eigenvalue weighted by atomic mass is 35.5. The molecule has 1 aromatic carbocycles. The average Bonchev–Trinajstić information content (AvgIpc) is 2.97. The number of hydrogen-bond acceptors (Lipinski definition) is 9. The van der Waals surface area contributed by atoms with Gasteiger partial charge in [0.1, 0.15) is 35.0 Å². The van der Waals surface area contributed by atoms with Crippen LogP contribution in [0, 0.1) is 11.8 Å². The van der Waals surface area contributed by atoms with Gasteiger partial charge in [-0.05, 0) is 56.0 Å². The standard InChI is InChI=1S/C29H27ClN8O3S/c1-3-35-42(40,41)21-10-6-9-20(16-21)38-28(37-24-12-7-11-23(30)25(24)29(38)39)18(2)36-27-22(26(31)33-17-34-27)14-13-19-8-4-5-15-32-19/h4-6,8-10,12,15-18,35H,3,7,11H2,1-2H3,(H3,31,33,34,36). The molecule has 5 rings (SSSR count). The Balaban J connectivity index is 1.66. The van der Waals surface area contributed by atoms with Crippen LogP contribution in [0.5, 0.6) is 0 Å². The lowest BCUT2D eigenvalue weighted by atomic mass is 10.1. The maximum atomic E-state index is 14.0. The van der Waals surface area contributed by atoms with E-state index in [0.717, 1.165) is 0 Å². The molecule has 214 valence electrons. The number of halogens is 1. The third-order valence-corrected chi connectivity index (χ3v) is 8.35. The monoisotopic (exact) mass is 602 g/mol. The van der Waals surface area contributed by atoms with Gasteiger partial charge in [-0.3, -0.25) is 9.36 Å². The number of rotatable bonds is 7. The Hall–Kier alpha value is -4.57. The van der Waals surface area contributed by atoms with E-state index in [4.69, 9.17) is 22.3 Å². The number of nitrogens with one attached hydrogen (secondary N) is 2. The van der Waals surface area contributed by atoms with Crippen molar-refractivity contribution in [2.24, 2.45) is 0 Å². The van der Waals surface area contributed by atoms with Gasteiger partial charge in [0.2, 0.25) is 10.0 Å².